The quantitative estimate of drug-likeness (QED) is 0.894. The van der Waals surface area contributed by atoms with Crippen molar-refractivity contribution in [1.82, 2.24) is 15.1 Å². The number of nitrogens with one attached hydrogen (secondary N) is 1. The Kier molecular flexibility index (Phi) is 4.63. The van der Waals surface area contributed by atoms with Gasteiger partial charge in [0.15, 0.2) is 0 Å². The number of carbonyl (C=O) groups is 2. The van der Waals surface area contributed by atoms with Gasteiger partial charge >= 0.3 is 12.1 Å². The van der Waals surface area contributed by atoms with Gasteiger partial charge in [0.1, 0.15) is 6.04 Å². The average Bonchev–Trinajstić information content (AvgIpc) is 2.88. The summed E-state index contributed by atoms with van der Waals surface area (Å²) in [7, 11) is 0. The number of nitrogens with zero attached hydrogens (tertiary/aromatic N) is 2. The highest BCUT2D eigenvalue weighted by Gasteiger charge is 2.30. The number of aromatic nitrogens is 2. The minimum atomic E-state index is -4.49. The predicted molar refractivity (Wildman–Crippen MR) is 77.9 cm³/mol. The van der Waals surface area contributed by atoms with E-state index in [4.69, 9.17) is 5.11 Å². The molecule has 1 aromatic carbocycles. The summed E-state index contributed by atoms with van der Waals surface area (Å²) < 4.78 is 39.6. The topological polar surface area (TPSA) is 84.2 Å². The second-order valence-electron chi connectivity index (χ2n) is 5.14. The molecule has 128 valence electrons. The number of amides is 1. The Morgan fingerprint density at radius 2 is 2.00 bits per heavy atom. The van der Waals surface area contributed by atoms with Gasteiger partial charge in [-0.15, -0.1) is 0 Å². The molecule has 0 aliphatic heterocycles. The molecule has 1 atom stereocenters. The Morgan fingerprint density at radius 1 is 1.33 bits per heavy atom. The lowest BCUT2D eigenvalue weighted by Gasteiger charge is -2.11. The smallest absolute Gasteiger partial charge is 0.416 e. The fourth-order valence-electron chi connectivity index (χ4n) is 2.04. The Balaban J connectivity index is 2.34. The van der Waals surface area contributed by atoms with Gasteiger partial charge in [-0.2, -0.15) is 18.3 Å². The Hall–Kier alpha value is -2.84. The first kappa shape index (κ1) is 17.5. The van der Waals surface area contributed by atoms with Crippen LogP contribution in [0.3, 0.4) is 0 Å². The van der Waals surface area contributed by atoms with Crippen molar-refractivity contribution in [3.63, 3.8) is 0 Å². The second-order valence-corrected chi connectivity index (χ2v) is 5.14. The first-order chi connectivity index (χ1) is 11.1. The van der Waals surface area contributed by atoms with E-state index in [2.05, 4.69) is 10.4 Å². The molecule has 1 aromatic heterocycles. The standard InChI is InChI=1S/C15H14F3N3O3/c1-8(14(23)24)20-13(22)12-7-19-21(9(12)2)11-5-3-4-10(6-11)15(16,17)18/h3-8H,1-2H3,(H,20,22)(H,23,24). The molecule has 9 heteroatoms. The van der Waals surface area contributed by atoms with E-state index in [9.17, 15) is 22.8 Å². The molecular weight excluding hydrogens is 327 g/mol. The Labute approximate surface area is 134 Å². The van der Waals surface area contributed by atoms with Gasteiger partial charge in [-0.05, 0) is 32.0 Å². The van der Waals surface area contributed by atoms with Crippen LogP contribution in [0.15, 0.2) is 30.5 Å². The summed E-state index contributed by atoms with van der Waals surface area (Å²) in [5.41, 5.74) is -0.307. The molecule has 0 radical (unpaired) electrons. The second kappa shape index (κ2) is 6.34. The van der Waals surface area contributed by atoms with Gasteiger partial charge in [0.2, 0.25) is 0 Å². The van der Waals surface area contributed by atoms with Crippen LogP contribution in [0, 0.1) is 6.92 Å². The lowest BCUT2D eigenvalue weighted by Crippen LogP contribution is -2.38. The minimum absolute atomic E-state index is 0.0838. The minimum Gasteiger partial charge on any atom is -0.480 e. The van der Waals surface area contributed by atoms with E-state index in [1.165, 1.54) is 36.9 Å². The molecule has 0 fully saturated rings. The number of carboxylic acids is 1. The zero-order valence-corrected chi connectivity index (χ0v) is 12.8. The van der Waals surface area contributed by atoms with Crippen LogP contribution in [0.5, 0.6) is 0 Å². The fourth-order valence-corrected chi connectivity index (χ4v) is 2.04. The normalized spacial score (nSPS) is 12.7. The van der Waals surface area contributed by atoms with Crippen molar-refractivity contribution in [2.75, 3.05) is 0 Å². The molecule has 0 saturated heterocycles. The fraction of sp³-hybridized carbons (Fsp3) is 0.267. The molecule has 24 heavy (non-hydrogen) atoms. The molecule has 2 N–H and O–H groups in total. The summed E-state index contributed by atoms with van der Waals surface area (Å²) in [5.74, 6) is -1.87. The highest BCUT2D eigenvalue weighted by molar-refractivity contribution is 5.97. The molecule has 0 bridgehead atoms. The van der Waals surface area contributed by atoms with Crippen molar-refractivity contribution in [3.8, 4) is 5.69 Å². The monoisotopic (exact) mass is 341 g/mol. The molecule has 0 aliphatic rings. The van der Waals surface area contributed by atoms with Crippen molar-refractivity contribution in [1.29, 1.82) is 0 Å². The number of alkyl halides is 3. The molecule has 0 spiro atoms. The van der Waals surface area contributed by atoms with Gasteiger partial charge in [0.25, 0.3) is 5.91 Å². The third-order valence-corrected chi connectivity index (χ3v) is 3.39. The Morgan fingerprint density at radius 3 is 2.58 bits per heavy atom. The number of carbonyl (C=O) groups excluding carboxylic acids is 1. The molecule has 0 aliphatic carbocycles. The van der Waals surface area contributed by atoms with Gasteiger partial charge in [-0.25, -0.2) is 4.68 Å². The average molecular weight is 341 g/mol. The van der Waals surface area contributed by atoms with Gasteiger partial charge in [-0.1, -0.05) is 6.07 Å². The van der Waals surface area contributed by atoms with Crippen LogP contribution in [0.4, 0.5) is 13.2 Å². The van der Waals surface area contributed by atoms with Crippen LogP contribution in [0.1, 0.15) is 28.5 Å². The third kappa shape index (κ3) is 3.55. The largest absolute Gasteiger partial charge is 0.480 e. The lowest BCUT2D eigenvalue weighted by atomic mass is 10.2. The maximum Gasteiger partial charge on any atom is 0.416 e. The number of hydrogen-bond acceptors (Lipinski definition) is 3. The zero-order chi connectivity index (χ0) is 18.1. The molecule has 1 unspecified atom stereocenters. The molecule has 6 nitrogen and oxygen atoms in total. The summed E-state index contributed by atoms with van der Waals surface area (Å²) in [6.07, 6.45) is -3.31. The number of halogens is 3. The van der Waals surface area contributed by atoms with Crippen molar-refractivity contribution < 1.29 is 27.9 Å². The van der Waals surface area contributed by atoms with Crippen LogP contribution in [-0.2, 0) is 11.0 Å². The lowest BCUT2D eigenvalue weighted by molar-refractivity contribution is -0.139. The number of hydrogen-bond donors (Lipinski definition) is 2. The van der Waals surface area contributed by atoms with Crippen LogP contribution in [-0.4, -0.2) is 32.8 Å². The van der Waals surface area contributed by atoms with E-state index in [-0.39, 0.29) is 11.3 Å². The zero-order valence-electron chi connectivity index (χ0n) is 12.8. The van der Waals surface area contributed by atoms with Crippen LogP contribution in [0.2, 0.25) is 0 Å². The van der Waals surface area contributed by atoms with E-state index < -0.39 is 29.7 Å². The summed E-state index contributed by atoms with van der Waals surface area (Å²) in [6, 6.07) is 3.42. The summed E-state index contributed by atoms with van der Waals surface area (Å²) in [6.45, 7) is 2.81. The van der Waals surface area contributed by atoms with Gasteiger partial charge < -0.3 is 10.4 Å². The molecule has 0 saturated carbocycles. The van der Waals surface area contributed by atoms with Gasteiger partial charge in [0, 0.05) is 0 Å². The van der Waals surface area contributed by atoms with Gasteiger partial charge in [0.05, 0.1) is 28.7 Å². The summed E-state index contributed by atoms with van der Waals surface area (Å²) in [5, 5.41) is 15.0. The molecule has 2 rings (SSSR count). The predicted octanol–water partition coefficient (Wildman–Crippen LogP) is 2.40. The number of rotatable bonds is 4. The van der Waals surface area contributed by atoms with E-state index in [0.717, 1.165) is 12.1 Å². The van der Waals surface area contributed by atoms with Gasteiger partial charge in [-0.3, -0.25) is 9.59 Å². The molecule has 1 amide bonds. The first-order valence-electron chi connectivity index (χ1n) is 6.87. The van der Waals surface area contributed by atoms with Crippen LogP contribution in [0.25, 0.3) is 5.69 Å². The highest BCUT2D eigenvalue weighted by atomic mass is 19.4. The maximum atomic E-state index is 12.8. The van der Waals surface area contributed by atoms with E-state index >= 15 is 0 Å². The number of carboxylic acid groups (broad SMARTS) is 1. The first-order valence-corrected chi connectivity index (χ1v) is 6.87. The van der Waals surface area contributed by atoms with Crippen molar-refractivity contribution in [2.45, 2.75) is 26.1 Å². The molecular formula is C15H14F3N3O3. The van der Waals surface area contributed by atoms with E-state index in [1.54, 1.807) is 0 Å². The van der Waals surface area contributed by atoms with E-state index in [0.29, 0.717) is 5.69 Å². The van der Waals surface area contributed by atoms with Crippen LogP contribution >= 0.6 is 0 Å². The number of aliphatic carboxylic acids is 1. The molecule has 2 aromatic rings. The molecule has 1 heterocycles. The third-order valence-electron chi connectivity index (χ3n) is 3.39. The highest BCUT2D eigenvalue weighted by Crippen LogP contribution is 2.30. The van der Waals surface area contributed by atoms with E-state index in [1.807, 2.05) is 0 Å². The SMILES string of the molecule is Cc1c(C(=O)NC(C)C(=O)O)cnn1-c1cccc(C(F)(F)F)c1. The Bertz CT molecular complexity index is 784. The van der Waals surface area contributed by atoms with Crippen molar-refractivity contribution in [3.05, 3.63) is 47.3 Å². The summed E-state index contributed by atoms with van der Waals surface area (Å²) in [4.78, 5) is 22.8. The van der Waals surface area contributed by atoms with Crippen molar-refractivity contribution in [2.24, 2.45) is 0 Å². The van der Waals surface area contributed by atoms with Crippen LogP contribution < -0.4 is 5.32 Å². The van der Waals surface area contributed by atoms with Crippen molar-refractivity contribution >= 4 is 11.9 Å². The maximum absolute atomic E-state index is 12.8. The summed E-state index contributed by atoms with van der Waals surface area (Å²) >= 11 is 0. The number of benzene rings is 1.